The highest BCUT2D eigenvalue weighted by Crippen LogP contribution is 2.29. The van der Waals surface area contributed by atoms with Crippen LogP contribution in [0.5, 0.6) is 0 Å². The highest BCUT2D eigenvalue weighted by Gasteiger charge is 2.23. The molecule has 0 aromatic rings. The third-order valence-corrected chi connectivity index (χ3v) is 3.71. The molecular weight excluding hydrogens is 206 g/mol. The quantitative estimate of drug-likeness (QED) is 0.697. The van der Waals surface area contributed by atoms with Crippen molar-refractivity contribution in [1.82, 2.24) is 4.90 Å². The first kappa shape index (κ1) is 15.0. The summed E-state index contributed by atoms with van der Waals surface area (Å²) >= 11 is 0. The first-order chi connectivity index (χ1) is 7.66. The van der Waals surface area contributed by atoms with Crippen LogP contribution in [-0.2, 0) is 0 Å². The standard InChI is InChI=1S/C16H33N/c1-15(2,3)10-7-14-8-11-17(12-9-14)13-16(4,5)6/h14H,7-13H2,1-6H3. The van der Waals surface area contributed by atoms with Crippen LogP contribution >= 0.6 is 0 Å². The molecule has 1 rings (SSSR count). The van der Waals surface area contributed by atoms with Crippen LogP contribution in [0.2, 0.25) is 0 Å². The van der Waals surface area contributed by atoms with Crippen molar-refractivity contribution in [2.24, 2.45) is 16.7 Å². The Bertz CT molecular complexity index is 211. The molecule has 1 nitrogen and oxygen atoms in total. The maximum Gasteiger partial charge on any atom is 0.00300 e. The lowest BCUT2D eigenvalue weighted by atomic mass is 9.83. The highest BCUT2D eigenvalue weighted by molar-refractivity contribution is 4.77. The fraction of sp³-hybridized carbons (Fsp3) is 1.00. The summed E-state index contributed by atoms with van der Waals surface area (Å²) in [7, 11) is 0. The number of piperidine rings is 1. The largest absolute Gasteiger partial charge is 0.303 e. The molecule has 0 aliphatic carbocycles. The van der Waals surface area contributed by atoms with Gasteiger partial charge in [0.25, 0.3) is 0 Å². The summed E-state index contributed by atoms with van der Waals surface area (Å²) in [6.45, 7) is 18.0. The van der Waals surface area contributed by atoms with Gasteiger partial charge < -0.3 is 4.90 Å². The van der Waals surface area contributed by atoms with Gasteiger partial charge in [-0.2, -0.15) is 0 Å². The molecule has 0 spiro atoms. The van der Waals surface area contributed by atoms with Crippen molar-refractivity contribution < 1.29 is 0 Å². The van der Waals surface area contributed by atoms with Crippen molar-refractivity contribution in [3.8, 4) is 0 Å². The number of hydrogen-bond acceptors (Lipinski definition) is 1. The lowest BCUT2D eigenvalue weighted by Crippen LogP contribution is -2.39. The Labute approximate surface area is 109 Å². The zero-order chi connectivity index (χ0) is 13.1. The van der Waals surface area contributed by atoms with Gasteiger partial charge in [0.2, 0.25) is 0 Å². The van der Waals surface area contributed by atoms with Gasteiger partial charge in [-0.05, 0) is 55.5 Å². The third-order valence-electron chi connectivity index (χ3n) is 3.71. The van der Waals surface area contributed by atoms with Gasteiger partial charge in [-0.15, -0.1) is 0 Å². The van der Waals surface area contributed by atoms with Gasteiger partial charge in [0.1, 0.15) is 0 Å². The molecule has 0 amide bonds. The lowest BCUT2D eigenvalue weighted by Gasteiger charge is -2.36. The summed E-state index contributed by atoms with van der Waals surface area (Å²) in [6, 6.07) is 0. The van der Waals surface area contributed by atoms with Crippen LogP contribution in [-0.4, -0.2) is 24.5 Å². The van der Waals surface area contributed by atoms with Gasteiger partial charge in [0.05, 0.1) is 0 Å². The molecule has 1 fully saturated rings. The minimum absolute atomic E-state index is 0.457. The Balaban J connectivity index is 2.22. The fourth-order valence-corrected chi connectivity index (χ4v) is 2.74. The van der Waals surface area contributed by atoms with Gasteiger partial charge in [-0.1, -0.05) is 41.5 Å². The van der Waals surface area contributed by atoms with Gasteiger partial charge in [-0.25, -0.2) is 0 Å². The molecule has 102 valence electrons. The zero-order valence-electron chi connectivity index (χ0n) is 13.0. The lowest BCUT2D eigenvalue weighted by molar-refractivity contribution is 0.128. The molecule has 17 heavy (non-hydrogen) atoms. The maximum absolute atomic E-state index is 2.66. The summed E-state index contributed by atoms with van der Waals surface area (Å²) < 4.78 is 0. The monoisotopic (exact) mass is 239 g/mol. The third kappa shape index (κ3) is 7.08. The molecule has 1 heterocycles. The Hall–Kier alpha value is -0.0400. The predicted octanol–water partition coefficient (Wildman–Crippen LogP) is 4.57. The maximum atomic E-state index is 2.66. The second kappa shape index (κ2) is 5.73. The Morgan fingerprint density at radius 2 is 1.41 bits per heavy atom. The molecule has 0 atom stereocenters. The van der Waals surface area contributed by atoms with Gasteiger partial charge in [0, 0.05) is 6.54 Å². The molecule has 0 unspecified atom stereocenters. The van der Waals surface area contributed by atoms with E-state index in [4.69, 9.17) is 0 Å². The van der Waals surface area contributed by atoms with Crippen molar-refractivity contribution in [3.63, 3.8) is 0 Å². The summed E-state index contributed by atoms with van der Waals surface area (Å²) in [5.74, 6) is 0.991. The van der Waals surface area contributed by atoms with Crippen LogP contribution in [0.25, 0.3) is 0 Å². The molecule has 1 aliphatic heterocycles. The molecule has 0 radical (unpaired) electrons. The van der Waals surface area contributed by atoms with Gasteiger partial charge >= 0.3 is 0 Å². The summed E-state index contributed by atoms with van der Waals surface area (Å²) in [6.07, 6.45) is 5.67. The molecule has 1 aliphatic rings. The highest BCUT2D eigenvalue weighted by atomic mass is 15.1. The smallest absolute Gasteiger partial charge is 0.00300 e. The van der Waals surface area contributed by atoms with Crippen LogP contribution in [0, 0.1) is 16.7 Å². The summed E-state index contributed by atoms with van der Waals surface area (Å²) in [4.78, 5) is 2.66. The van der Waals surface area contributed by atoms with Crippen LogP contribution in [0.3, 0.4) is 0 Å². The first-order valence-electron chi connectivity index (χ1n) is 7.38. The van der Waals surface area contributed by atoms with Crippen LogP contribution in [0.1, 0.15) is 67.2 Å². The average molecular weight is 239 g/mol. The van der Waals surface area contributed by atoms with Crippen LogP contribution < -0.4 is 0 Å². The SMILES string of the molecule is CC(C)(C)CCC1CCN(CC(C)(C)C)CC1. The number of nitrogens with zero attached hydrogens (tertiary/aromatic N) is 1. The van der Waals surface area contributed by atoms with E-state index in [1.807, 2.05) is 0 Å². The minimum atomic E-state index is 0.457. The van der Waals surface area contributed by atoms with E-state index in [2.05, 4.69) is 46.4 Å². The number of rotatable bonds is 3. The molecule has 1 heteroatoms. The van der Waals surface area contributed by atoms with E-state index in [0.29, 0.717) is 10.8 Å². The zero-order valence-corrected chi connectivity index (χ0v) is 13.0. The molecular formula is C16H33N. The molecule has 1 saturated heterocycles. The average Bonchev–Trinajstić information content (AvgIpc) is 2.13. The van der Waals surface area contributed by atoms with E-state index in [1.165, 1.54) is 45.3 Å². The molecule has 0 N–H and O–H groups in total. The van der Waals surface area contributed by atoms with E-state index in [1.54, 1.807) is 0 Å². The summed E-state index contributed by atoms with van der Waals surface area (Å²) in [5, 5.41) is 0. The fourth-order valence-electron chi connectivity index (χ4n) is 2.74. The van der Waals surface area contributed by atoms with E-state index in [-0.39, 0.29) is 0 Å². The molecule has 0 aromatic carbocycles. The number of hydrogen-bond donors (Lipinski definition) is 0. The van der Waals surface area contributed by atoms with Crippen molar-refractivity contribution in [3.05, 3.63) is 0 Å². The second-order valence-electron chi connectivity index (χ2n) is 8.38. The van der Waals surface area contributed by atoms with E-state index < -0.39 is 0 Å². The number of likely N-dealkylation sites (tertiary alicyclic amines) is 1. The topological polar surface area (TPSA) is 3.24 Å². The van der Waals surface area contributed by atoms with Gasteiger partial charge in [0.15, 0.2) is 0 Å². The van der Waals surface area contributed by atoms with Crippen molar-refractivity contribution in [2.45, 2.75) is 67.2 Å². The van der Waals surface area contributed by atoms with Crippen LogP contribution in [0.15, 0.2) is 0 Å². The first-order valence-corrected chi connectivity index (χ1v) is 7.38. The summed E-state index contributed by atoms with van der Waals surface area (Å²) in [5.41, 5.74) is 0.973. The minimum Gasteiger partial charge on any atom is -0.303 e. The molecule has 0 aromatic heterocycles. The van der Waals surface area contributed by atoms with E-state index in [0.717, 1.165) is 5.92 Å². The van der Waals surface area contributed by atoms with Crippen molar-refractivity contribution in [2.75, 3.05) is 19.6 Å². The van der Waals surface area contributed by atoms with E-state index >= 15 is 0 Å². The predicted molar refractivity (Wildman–Crippen MR) is 77.3 cm³/mol. The van der Waals surface area contributed by atoms with Gasteiger partial charge in [-0.3, -0.25) is 0 Å². The molecule has 0 bridgehead atoms. The van der Waals surface area contributed by atoms with E-state index in [9.17, 15) is 0 Å². The Morgan fingerprint density at radius 3 is 1.82 bits per heavy atom. The molecule has 0 saturated carbocycles. The normalized spacial score (nSPS) is 20.8. The van der Waals surface area contributed by atoms with Crippen molar-refractivity contribution >= 4 is 0 Å². The Morgan fingerprint density at radius 1 is 0.882 bits per heavy atom. The van der Waals surface area contributed by atoms with Crippen LogP contribution in [0.4, 0.5) is 0 Å². The second-order valence-corrected chi connectivity index (χ2v) is 8.38. The Kier molecular flexibility index (Phi) is 5.07. The van der Waals surface area contributed by atoms with Crippen molar-refractivity contribution in [1.29, 1.82) is 0 Å².